The summed E-state index contributed by atoms with van der Waals surface area (Å²) in [6.45, 7) is 4.65. The number of ether oxygens (including phenoxy) is 3. The van der Waals surface area contributed by atoms with Gasteiger partial charge in [-0.1, -0.05) is 26.0 Å². The number of carbonyl (C=O) groups is 1. The first-order chi connectivity index (χ1) is 14.8. The highest BCUT2D eigenvalue weighted by atomic mass is 16.6. The number of hydrogen-bond donors (Lipinski definition) is 2. The van der Waals surface area contributed by atoms with Gasteiger partial charge in [0.2, 0.25) is 6.10 Å². The smallest absolute Gasteiger partial charge is 0.330 e. The molecule has 1 atom stereocenters. The van der Waals surface area contributed by atoms with Gasteiger partial charge in [-0.2, -0.15) is 0 Å². The zero-order valence-electron chi connectivity index (χ0n) is 17.9. The molecule has 3 N–H and O–H groups in total. The Hall–Kier alpha value is -3.27. The second-order valence-corrected chi connectivity index (χ2v) is 7.70. The van der Waals surface area contributed by atoms with Gasteiger partial charge in [-0.05, 0) is 24.5 Å². The summed E-state index contributed by atoms with van der Waals surface area (Å²) < 4.78 is 17.8. The summed E-state index contributed by atoms with van der Waals surface area (Å²) in [6.07, 6.45) is -0.518. The molecule has 0 radical (unpaired) electrons. The van der Waals surface area contributed by atoms with Crippen LogP contribution in [0.5, 0.6) is 11.5 Å². The molecule has 3 rings (SSSR count). The number of nitrogens with one attached hydrogen (secondary N) is 1. The van der Waals surface area contributed by atoms with E-state index in [0.29, 0.717) is 31.1 Å². The van der Waals surface area contributed by atoms with Crippen LogP contribution in [0.1, 0.15) is 20.3 Å². The molecule has 10 nitrogen and oxygen atoms in total. The molecule has 31 heavy (non-hydrogen) atoms. The maximum absolute atomic E-state index is 13.4. The molecule has 0 bridgehead atoms. The second-order valence-electron chi connectivity index (χ2n) is 7.70. The molecule has 0 saturated carbocycles. The van der Waals surface area contributed by atoms with Gasteiger partial charge in [-0.15, -0.1) is 0 Å². The van der Waals surface area contributed by atoms with Crippen LogP contribution in [-0.4, -0.2) is 48.4 Å². The number of rotatable bonds is 8. The van der Waals surface area contributed by atoms with E-state index in [1.165, 1.54) is 9.47 Å². The Balaban J connectivity index is 1.99. The van der Waals surface area contributed by atoms with Gasteiger partial charge >= 0.3 is 5.69 Å². The van der Waals surface area contributed by atoms with E-state index in [4.69, 9.17) is 19.9 Å². The van der Waals surface area contributed by atoms with Crippen molar-refractivity contribution in [3.05, 3.63) is 45.1 Å². The van der Waals surface area contributed by atoms with Crippen molar-refractivity contribution in [2.75, 3.05) is 37.5 Å². The largest absolute Gasteiger partial charge is 0.485 e. The minimum absolute atomic E-state index is 0.0138. The third-order valence-corrected chi connectivity index (χ3v) is 4.81. The van der Waals surface area contributed by atoms with Crippen LogP contribution < -0.4 is 31.4 Å². The number of aromatic nitrogens is 2. The van der Waals surface area contributed by atoms with E-state index in [-0.39, 0.29) is 30.6 Å². The Kier molecular flexibility index (Phi) is 7.01. The lowest BCUT2D eigenvalue weighted by atomic mass is 10.2. The average molecular weight is 432 g/mol. The highest BCUT2D eigenvalue weighted by molar-refractivity contribution is 5.99. The highest BCUT2D eigenvalue weighted by Crippen LogP contribution is 2.32. The number of aromatic amines is 1. The number of benzene rings is 1. The lowest BCUT2D eigenvalue weighted by molar-refractivity contribution is -0.127. The highest BCUT2D eigenvalue weighted by Gasteiger charge is 2.34. The van der Waals surface area contributed by atoms with Crippen LogP contribution in [0.25, 0.3) is 0 Å². The van der Waals surface area contributed by atoms with Crippen molar-refractivity contribution in [1.82, 2.24) is 9.55 Å². The number of nitrogen functional groups attached to an aromatic ring is 1. The monoisotopic (exact) mass is 432 g/mol. The molecular weight excluding hydrogens is 404 g/mol. The van der Waals surface area contributed by atoms with Crippen LogP contribution in [0.4, 0.5) is 11.5 Å². The fourth-order valence-electron chi connectivity index (χ4n) is 3.40. The molecule has 1 aliphatic rings. The first kappa shape index (κ1) is 22.4. The van der Waals surface area contributed by atoms with Gasteiger partial charge in [0.15, 0.2) is 17.2 Å². The summed E-state index contributed by atoms with van der Waals surface area (Å²) >= 11 is 0. The van der Waals surface area contributed by atoms with Crippen LogP contribution >= 0.6 is 0 Å². The van der Waals surface area contributed by atoms with Crippen molar-refractivity contribution in [3.8, 4) is 11.5 Å². The van der Waals surface area contributed by atoms with E-state index < -0.39 is 23.3 Å². The molecule has 168 valence electrons. The molecule has 0 spiro atoms. The van der Waals surface area contributed by atoms with Gasteiger partial charge in [0.25, 0.3) is 11.5 Å². The van der Waals surface area contributed by atoms with E-state index in [1.54, 1.807) is 31.4 Å². The number of fused-ring (bicyclic) bond motifs is 1. The first-order valence-corrected chi connectivity index (χ1v) is 10.1. The van der Waals surface area contributed by atoms with Crippen LogP contribution in [-0.2, 0) is 16.1 Å². The van der Waals surface area contributed by atoms with Crippen molar-refractivity contribution in [2.24, 2.45) is 5.92 Å². The van der Waals surface area contributed by atoms with E-state index in [2.05, 4.69) is 4.98 Å². The van der Waals surface area contributed by atoms with Crippen LogP contribution in [0.15, 0.2) is 33.9 Å². The van der Waals surface area contributed by atoms with Gasteiger partial charge in [0.1, 0.15) is 12.4 Å². The SMILES string of the molecule is COCCCN(C(=O)C1COc2ccccc2O1)c1c(N)n(CC(C)C)c(=O)[nH]c1=O. The van der Waals surface area contributed by atoms with Crippen LogP contribution in [0.2, 0.25) is 0 Å². The molecule has 2 aromatic rings. The Labute approximate surface area is 179 Å². The van der Waals surface area contributed by atoms with Crippen molar-refractivity contribution in [1.29, 1.82) is 0 Å². The maximum atomic E-state index is 13.4. The minimum atomic E-state index is -0.971. The Morgan fingerprint density at radius 2 is 2.03 bits per heavy atom. The predicted octanol–water partition coefficient (Wildman–Crippen LogP) is 0.984. The number of methoxy groups -OCH3 is 1. The van der Waals surface area contributed by atoms with Crippen LogP contribution in [0, 0.1) is 5.92 Å². The topological polar surface area (TPSA) is 129 Å². The zero-order valence-corrected chi connectivity index (χ0v) is 17.9. The summed E-state index contributed by atoms with van der Waals surface area (Å²) in [5, 5.41) is 0. The Morgan fingerprint density at radius 1 is 1.32 bits per heavy atom. The van der Waals surface area contributed by atoms with E-state index in [1.807, 2.05) is 13.8 Å². The van der Waals surface area contributed by atoms with Gasteiger partial charge in [-0.3, -0.25) is 19.1 Å². The number of H-pyrrole nitrogens is 1. The van der Waals surface area contributed by atoms with E-state index >= 15 is 0 Å². The maximum Gasteiger partial charge on any atom is 0.330 e. The summed E-state index contributed by atoms with van der Waals surface area (Å²) in [6, 6.07) is 7.03. The molecule has 1 aromatic heterocycles. The summed E-state index contributed by atoms with van der Waals surface area (Å²) in [5.41, 5.74) is 4.80. The number of amides is 1. The number of para-hydroxylation sites is 2. The minimum Gasteiger partial charge on any atom is -0.485 e. The lowest BCUT2D eigenvalue weighted by Gasteiger charge is -2.31. The van der Waals surface area contributed by atoms with Gasteiger partial charge < -0.3 is 24.8 Å². The van der Waals surface area contributed by atoms with Crippen molar-refractivity contribution < 1.29 is 19.0 Å². The third kappa shape index (κ3) is 4.91. The number of nitrogens with two attached hydrogens (primary N) is 1. The number of carbonyl (C=O) groups excluding carboxylic acids is 1. The molecule has 1 aromatic carbocycles. The summed E-state index contributed by atoms with van der Waals surface area (Å²) in [5.74, 6) is 0.529. The number of hydrogen-bond acceptors (Lipinski definition) is 7. The quantitative estimate of drug-likeness (QED) is 0.595. The van der Waals surface area contributed by atoms with Gasteiger partial charge in [-0.25, -0.2) is 4.79 Å². The fourth-order valence-corrected chi connectivity index (χ4v) is 3.40. The number of anilines is 2. The third-order valence-electron chi connectivity index (χ3n) is 4.81. The molecule has 0 fully saturated rings. The Bertz CT molecular complexity index is 1040. The van der Waals surface area contributed by atoms with Crippen molar-refractivity contribution in [3.63, 3.8) is 0 Å². The lowest BCUT2D eigenvalue weighted by Crippen LogP contribution is -2.50. The standard InChI is InChI=1S/C21H28N4O6/c1-13(2)11-25-18(22)17(19(26)23-21(25)28)24(9-6-10-29-3)20(27)16-12-30-14-7-4-5-8-15(14)31-16/h4-5,7-8,13,16H,6,9-12,22H2,1-3H3,(H,23,26,28). The van der Waals surface area contributed by atoms with Crippen LogP contribution in [0.3, 0.4) is 0 Å². The zero-order chi connectivity index (χ0) is 22.5. The average Bonchev–Trinajstić information content (AvgIpc) is 2.74. The fraction of sp³-hybridized carbons (Fsp3) is 0.476. The van der Waals surface area contributed by atoms with Crippen molar-refractivity contribution in [2.45, 2.75) is 32.9 Å². The van der Waals surface area contributed by atoms with Gasteiger partial charge in [0, 0.05) is 26.8 Å². The first-order valence-electron chi connectivity index (χ1n) is 10.1. The Morgan fingerprint density at radius 3 is 2.71 bits per heavy atom. The molecule has 10 heteroatoms. The molecule has 2 heterocycles. The molecule has 0 aliphatic carbocycles. The van der Waals surface area contributed by atoms with E-state index in [9.17, 15) is 14.4 Å². The molecular formula is C21H28N4O6. The normalized spacial score (nSPS) is 15.2. The predicted molar refractivity (Wildman–Crippen MR) is 116 cm³/mol. The number of nitrogens with zero attached hydrogens (tertiary/aromatic N) is 2. The molecule has 0 saturated heterocycles. The van der Waals surface area contributed by atoms with E-state index in [0.717, 1.165) is 0 Å². The molecule has 1 aliphatic heterocycles. The summed E-state index contributed by atoms with van der Waals surface area (Å²) in [4.78, 5) is 42.0. The molecule has 1 amide bonds. The van der Waals surface area contributed by atoms with Gasteiger partial charge in [0.05, 0.1) is 0 Å². The van der Waals surface area contributed by atoms with Crippen molar-refractivity contribution >= 4 is 17.4 Å². The molecule has 1 unspecified atom stereocenters. The summed E-state index contributed by atoms with van der Waals surface area (Å²) in [7, 11) is 1.55. The second kappa shape index (κ2) is 9.69.